The number of hydrogen-bond donors (Lipinski definition) is 1. The van der Waals surface area contributed by atoms with Gasteiger partial charge in [-0.3, -0.25) is 4.79 Å². The van der Waals surface area contributed by atoms with Crippen molar-refractivity contribution in [3.8, 4) is 17.2 Å². The fraction of sp³-hybridized carbons (Fsp3) is 0.182. The van der Waals surface area contributed by atoms with Gasteiger partial charge in [0.25, 0.3) is 5.91 Å². The predicted octanol–water partition coefficient (Wildman–Crippen LogP) is 4.48. The van der Waals surface area contributed by atoms with E-state index >= 15 is 0 Å². The van der Waals surface area contributed by atoms with Crippen molar-refractivity contribution in [2.45, 2.75) is 27.4 Å². The van der Waals surface area contributed by atoms with Gasteiger partial charge < -0.3 is 19.0 Å². The molecule has 0 aliphatic carbocycles. The van der Waals surface area contributed by atoms with Gasteiger partial charge in [-0.15, -0.1) is 0 Å². The topological polar surface area (TPSA) is 103 Å². The summed E-state index contributed by atoms with van der Waals surface area (Å²) in [4.78, 5) is 21.1. The number of ether oxygens (including phenoxy) is 1. The van der Waals surface area contributed by atoms with E-state index < -0.39 is 0 Å². The standard InChI is InChI=1S/C22H20N4O4/c1-13-14(2)29-22(23-13)17-5-4-6-18(11-17)25-21(27)16-7-9-19(10-8-16)28-12-20-24-15(3)30-26-20/h4-11H,12H2,1-3H3,(H,25,27). The molecule has 0 spiro atoms. The molecule has 2 heterocycles. The van der Waals surface area contributed by atoms with Crippen LogP contribution in [0.15, 0.2) is 57.5 Å². The van der Waals surface area contributed by atoms with Crippen LogP contribution in [0.1, 0.15) is 33.5 Å². The number of nitrogens with one attached hydrogen (secondary N) is 1. The maximum absolute atomic E-state index is 12.6. The van der Waals surface area contributed by atoms with Crippen LogP contribution >= 0.6 is 0 Å². The van der Waals surface area contributed by atoms with Crippen LogP contribution in [0.3, 0.4) is 0 Å². The van der Waals surface area contributed by atoms with Crippen molar-refractivity contribution in [3.63, 3.8) is 0 Å². The number of nitrogens with zero attached hydrogens (tertiary/aromatic N) is 3. The van der Waals surface area contributed by atoms with E-state index in [1.165, 1.54) is 0 Å². The number of aryl methyl sites for hydroxylation is 3. The number of anilines is 1. The highest BCUT2D eigenvalue weighted by molar-refractivity contribution is 6.04. The van der Waals surface area contributed by atoms with Gasteiger partial charge in [0.2, 0.25) is 17.6 Å². The fourth-order valence-electron chi connectivity index (χ4n) is 2.78. The molecule has 2 aromatic carbocycles. The minimum Gasteiger partial charge on any atom is -0.485 e. The third-order valence-electron chi connectivity index (χ3n) is 4.45. The summed E-state index contributed by atoms with van der Waals surface area (Å²) in [5.41, 5.74) is 2.80. The summed E-state index contributed by atoms with van der Waals surface area (Å²) in [6, 6.07) is 14.2. The largest absolute Gasteiger partial charge is 0.485 e. The molecular formula is C22H20N4O4. The Hall–Kier alpha value is -3.94. The quantitative estimate of drug-likeness (QED) is 0.505. The maximum Gasteiger partial charge on any atom is 0.255 e. The molecule has 0 atom stereocenters. The molecule has 2 aromatic heterocycles. The van der Waals surface area contributed by atoms with Crippen LogP contribution in [0.25, 0.3) is 11.5 Å². The first-order valence-electron chi connectivity index (χ1n) is 9.36. The van der Waals surface area contributed by atoms with Crippen molar-refractivity contribution in [2.75, 3.05) is 5.32 Å². The normalized spacial score (nSPS) is 10.8. The lowest BCUT2D eigenvalue weighted by Gasteiger charge is -2.08. The smallest absolute Gasteiger partial charge is 0.255 e. The molecule has 0 aliphatic rings. The van der Waals surface area contributed by atoms with Crippen LogP contribution in [0.4, 0.5) is 5.69 Å². The Kier molecular flexibility index (Phi) is 5.30. The summed E-state index contributed by atoms with van der Waals surface area (Å²) < 4.78 is 16.2. The van der Waals surface area contributed by atoms with Gasteiger partial charge in [0.05, 0.1) is 5.69 Å². The number of rotatable bonds is 6. The Morgan fingerprint density at radius 1 is 1.07 bits per heavy atom. The molecule has 0 saturated heterocycles. The fourth-order valence-corrected chi connectivity index (χ4v) is 2.78. The molecule has 1 amide bonds. The summed E-state index contributed by atoms with van der Waals surface area (Å²) in [5.74, 6) is 2.62. The van der Waals surface area contributed by atoms with E-state index in [4.69, 9.17) is 13.7 Å². The molecule has 0 fully saturated rings. The van der Waals surface area contributed by atoms with Crippen molar-refractivity contribution in [1.29, 1.82) is 0 Å². The van der Waals surface area contributed by atoms with Crippen LogP contribution < -0.4 is 10.1 Å². The maximum atomic E-state index is 12.6. The first-order chi connectivity index (χ1) is 14.5. The molecule has 30 heavy (non-hydrogen) atoms. The molecule has 4 rings (SSSR count). The Morgan fingerprint density at radius 2 is 1.87 bits per heavy atom. The van der Waals surface area contributed by atoms with Gasteiger partial charge in [-0.25, -0.2) is 4.98 Å². The van der Waals surface area contributed by atoms with E-state index in [0.717, 1.165) is 17.0 Å². The third-order valence-corrected chi connectivity index (χ3v) is 4.45. The summed E-state index contributed by atoms with van der Waals surface area (Å²) in [7, 11) is 0. The Balaban J connectivity index is 1.40. The lowest BCUT2D eigenvalue weighted by Crippen LogP contribution is -2.11. The van der Waals surface area contributed by atoms with Crippen LogP contribution in [0.2, 0.25) is 0 Å². The minimum atomic E-state index is -0.229. The lowest BCUT2D eigenvalue weighted by atomic mass is 10.1. The Morgan fingerprint density at radius 3 is 2.53 bits per heavy atom. The second kappa shape index (κ2) is 8.20. The first kappa shape index (κ1) is 19.4. The van der Waals surface area contributed by atoms with Crippen LogP contribution in [-0.2, 0) is 6.61 Å². The molecule has 0 saturated carbocycles. The molecular weight excluding hydrogens is 384 g/mol. The molecule has 0 bridgehead atoms. The van der Waals surface area contributed by atoms with E-state index in [-0.39, 0.29) is 12.5 Å². The van der Waals surface area contributed by atoms with E-state index in [2.05, 4.69) is 20.4 Å². The van der Waals surface area contributed by atoms with E-state index in [1.54, 1.807) is 31.2 Å². The Labute approximate surface area is 172 Å². The summed E-state index contributed by atoms with van der Waals surface area (Å²) in [5, 5.41) is 6.66. The second-order valence-electron chi connectivity index (χ2n) is 6.74. The molecule has 0 aliphatic heterocycles. The average molecular weight is 404 g/mol. The summed E-state index contributed by atoms with van der Waals surface area (Å²) in [6.45, 7) is 5.67. The van der Waals surface area contributed by atoms with Gasteiger partial charge in [0.1, 0.15) is 11.5 Å². The van der Waals surface area contributed by atoms with Crippen molar-refractivity contribution < 1.29 is 18.5 Å². The van der Waals surface area contributed by atoms with Gasteiger partial charge in [-0.05, 0) is 56.3 Å². The number of aromatic nitrogens is 3. The molecule has 0 radical (unpaired) electrons. The van der Waals surface area contributed by atoms with E-state index in [1.807, 2.05) is 38.1 Å². The number of amides is 1. The number of carbonyl (C=O) groups is 1. The van der Waals surface area contributed by atoms with Gasteiger partial charge >= 0.3 is 0 Å². The number of carbonyl (C=O) groups excluding carboxylic acids is 1. The first-order valence-corrected chi connectivity index (χ1v) is 9.36. The zero-order valence-electron chi connectivity index (χ0n) is 16.8. The van der Waals surface area contributed by atoms with Crippen LogP contribution in [-0.4, -0.2) is 21.0 Å². The monoisotopic (exact) mass is 404 g/mol. The zero-order chi connectivity index (χ0) is 21.1. The number of oxazole rings is 1. The summed E-state index contributed by atoms with van der Waals surface area (Å²) >= 11 is 0. The molecule has 1 N–H and O–H groups in total. The van der Waals surface area contributed by atoms with E-state index in [9.17, 15) is 4.79 Å². The predicted molar refractivity (Wildman–Crippen MR) is 109 cm³/mol. The van der Waals surface area contributed by atoms with Crippen molar-refractivity contribution >= 4 is 11.6 Å². The van der Waals surface area contributed by atoms with Gasteiger partial charge in [0, 0.05) is 23.7 Å². The zero-order valence-corrected chi connectivity index (χ0v) is 16.8. The third kappa shape index (κ3) is 4.38. The van der Waals surface area contributed by atoms with Gasteiger partial charge in [0.15, 0.2) is 6.61 Å². The lowest BCUT2D eigenvalue weighted by molar-refractivity contribution is 0.102. The highest BCUT2D eigenvalue weighted by Gasteiger charge is 2.11. The highest BCUT2D eigenvalue weighted by Crippen LogP contribution is 2.24. The van der Waals surface area contributed by atoms with Gasteiger partial charge in [-0.1, -0.05) is 11.2 Å². The average Bonchev–Trinajstić information content (AvgIpc) is 3.32. The number of hydrogen-bond acceptors (Lipinski definition) is 7. The molecule has 4 aromatic rings. The summed E-state index contributed by atoms with van der Waals surface area (Å²) in [6.07, 6.45) is 0. The molecule has 8 heteroatoms. The SMILES string of the molecule is Cc1nc(COc2ccc(C(=O)Nc3cccc(-c4nc(C)c(C)o4)c3)cc2)no1. The van der Waals surface area contributed by atoms with Crippen molar-refractivity contribution in [2.24, 2.45) is 0 Å². The second-order valence-corrected chi connectivity index (χ2v) is 6.74. The molecule has 0 unspecified atom stereocenters. The molecule has 152 valence electrons. The van der Waals surface area contributed by atoms with Crippen LogP contribution in [0, 0.1) is 20.8 Å². The van der Waals surface area contributed by atoms with E-state index in [0.29, 0.717) is 34.6 Å². The van der Waals surface area contributed by atoms with Crippen LogP contribution in [0.5, 0.6) is 5.75 Å². The van der Waals surface area contributed by atoms with Crippen molar-refractivity contribution in [3.05, 3.63) is 77.3 Å². The number of benzene rings is 2. The Bertz CT molecular complexity index is 1160. The highest BCUT2D eigenvalue weighted by atomic mass is 16.5. The van der Waals surface area contributed by atoms with Gasteiger partial charge in [-0.2, -0.15) is 4.98 Å². The molecule has 8 nitrogen and oxygen atoms in total. The minimum absolute atomic E-state index is 0.190. The van der Waals surface area contributed by atoms with Crippen molar-refractivity contribution in [1.82, 2.24) is 15.1 Å².